The van der Waals surface area contributed by atoms with Crippen LogP contribution in [0, 0.1) is 13.8 Å². The molecule has 10 heteroatoms. The topological polar surface area (TPSA) is 99.1 Å². The first-order valence-corrected chi connectivity index (χ1v) is 13.1. The van der Waals surface area contributed by atoms with E-state index in [1.54, 1.807) is 44.0 Å². The highest BCUT2D eigenvalue weighted by Gasteiger charge is 2.14. The van der Waals surface area contributed by atoms with Crippen molar-refractivity contribution in [3.05, 3.63) is 71.1 Å². The van der Waals surface area contributed by atoms with Gasteiger partial charge in [0.2, 0.25) is 5.88 Å². The molecule has 0 unspecified atom stereocenters. The second kappa shape index (κ2) is 13.7. The third kappa shape index (κ3) is 7.33. The third-order valence-electron chi connectivity index (χ3n) is 4.79. The van der Waals surface area contributed by atoms with Gasteiger partial charge in [0.1, 0.15) is 11.6 Å². The largest absolute Gasteiger partial charge is 0.474 e. The molecule has 188 valence electrons. The van der Waals surface area contributed by atoms with E-state index in [-0.39, 0.29) is 5.91 Å². The number of pyridine rings is 1. The molecule has 0 atom stereocenters. The molecule has 0 saturated carbocycles. The van der Waals surface area contributed by atoms with E-state index in [1.807, 2.05) is 19.2 Å². The summed E-state index contributed by atoms with van der Waals surface area (Å²) in [5.41, 5.74) is 4.61. The van der Waals surface area contributed by atoms with Crippen molar-refractivity contribution >= 4 is 34.1 Å². The monoisotopic (exact) mass is 523 g/mol. The molecule has 3 aromatic heterocycles. The number of carbonyl (C=O) groups excluding carboxylic acids is 1. The van der Waals surface area contributed by atoms with Crippen LogP contribution in [0.15, 0.2) is 64.4 Å². The molecule has 1 amide bonds. The summed E-state index contributed by atoms with van der Waals surface area (Å²) >= 11 is 2.93. The zero-order valence-electron chi connectivity index (χ0n) is 20.9. The molecule has 0 aliphatic carbocycles. The zero-order chi connectivity index (χ0) is 25.9. The van der Waals surface area contributed by atoms with Gasteiger partial charge >= 0.3 is 0 Å². The maximum absolute atomic E-state index is 12.4. The molecule has 0 aliphatic rings. The highest BCUT2D eigenvalue weighted by molar-refractivity contribution is 7.99. The third-order valence-corrected chi connectivity index (χ3v) is 6.44. The smallest absolute Gasteiger partial charge is 0.257 e. The summed E-state index contributed by atoms with van der Waals surface area (Å²) in [5, 5.41) is 6.14. The lowest BCUT2D eigenvalue weighted by Gasteiger charge is -2.11. The molecule has 4 aromatic rings. The second-order valence-corrected chi connectivity index (χ2v) is 9.25. The number of aryl methyl sites for hydroxylation is 2. The van der Waals surface area contributed by atoms with Gasteiger partial charge in [0.15, 0.2) is 5.13 Å². The number of methoxy groups -OCH3 is 1. The molecule has 0 aliphatic heterocycles. The summed E-state index contributed by atoms with van der Waals surface area (Å²) in [6.45, 7) is 9.04. The minimum atomic E-state index is -0.209. The quantitative estimate of drug-likeness (QED) is 0.264. The number of ether oxygens (including phenoxy) is 2. The molecule has 36 heavy (non-hydrogen) atoms. The highest BCUT2D eigenvalue weighted by atomic mass is 32.2. The highest BCUT2D eigenvalue weighted by Crippen LogP contribution is 2.35. The lowest BCUT2D eigenvalue weighted by Crippen LogP contribution is -2.11. The molecule has 1 aromatic carbocycles. The van der Waals surface area contributed by atoms with E-state index < -0.39 is 0 Å². The van der Waals surface area contributed by atoms with Crippen LogP contribution in [0.2, 0.25) is 0 Å². The second-order valence-electron chi connectivity index (χ2n) is 7.30. The van der Waals surface area contributed by atoms with E-state index in [4.69, 9.17) is 9.47 Å². The summed E-state index contributed by atoms with van der Waals surface area (Å²) in [7, 11) is 1.62. The van der Waals surface area contributed by atoms with Crippen molar-refractivity contribution in [2.45, 2.75) is 37.6 Å². The molecule has 1 N–H and O–H groups in total. The lowest BCUT2D eigenvalue weighted by atomic mass is 10.0. The Morgan fingerprint density at radius 1 is 1.06 bits per heavy atom. The number of hydrogen-bond acceptors (Lipinski definition) is 9. The van der Waals surface area contributed by atoms with Crippen LogP contribution in [0.3, 0.4) is 0 Å². The molecule has 0 radical (unpaired) electrons. The van der Waals surface area contributed by atoms with Crippen molar-refractivity contribution in [1.82, 2.24) is 19.9 Å². The Bertz CT molecular complexity index is 1240. The van der Waals surface area contributed by atoms with E-state index in [1.165, 1.54) is 23.1 Å². The zero-order valence-corrected chi connectivity index (χ0v) is 22.6. The number of benzene rings is 1. The average molecular weight is 524 g/mol. The predicted octanol–water partition coefficient (Wildman–Crippen LogP) is 6.07. The van der Waals surface area contributed by atoms with Crippen LogP contribution in [-0.2, 0) is 4.74 Å². The Balaban J connectivity index is 0.00000176. The summed E-state index contributed by atoms with van der Waals surface area (Å²) in [6.07, 6.45) is 6.49. The fourth-order valence-electron chi connectivity index (χ4n) is 3.29. The van der Waals surface area contributed by atoms with Gasteiger partial charge < -0.3 is 9.47 Å². The average Bonchev–Trinajstić information content (AvgIpc) is 3.34. The minimum absolute atomic E-state index is 0.209. The van der Waals surface area contributed by atoms with E-state index in [2.05, 4.69) is 51.2 Å². The number of amides is 1. The summed E-state index contributed by atoms with van der Waals surface area (Å²) < 4.78 is 10.4. The SMILES string of the molecule is CC.COCCOc1cnc(Sc2cc(C)c(-c3csc(NC(=O)c4ccncc4)n3)c(C)c2)cn1. The fourth-order valence-corrected chi connectivity index (χ4v) is 4.91. The van der Waals surface area contributed by atoms with Gasteiger partial charge in [-0.2, -0.15) is 0 Å². The molecule has 8 nitrogen and oxygen atoms in total. The van der Waals surface area contributed by atoms with Crippen LogP contribution in [0.1, 0.15) is 35.3 Å². The van der Waals surface area contributed by atoms with Crippen molar-refractivity contribution in [3.63, 3.8) is 0 Å². The summed E-state index contributed by atoms with van der Waals surface area (Å²) in [4.78, 5) is 30.8. The van der Waals surface area contributed by atoms with Crippen molar-refractivity contribution in [2.75, 3.05) is 25.6 Å². The Morgan fingerprint density at radius 2 is 1.78 bits per heavy atom. The van der Waals surface area contributed by atoms with Crippen LogP contribution in [0.4, 0.5) is 5.13 Å². The molecule has 0 bridgehead atoms. The molecule has 0 fully saturated rings. The normalized spacial score (nSPS) is 10.4. The van der Waals surface area contributed by atoms with E-state index in [0.717, 1.165) is 32.3 Å². The first-order valence-electron chi connectivity index (χ1n) is 11.4. The minimum Gasteiger partial charge on any atom is -0.474 e. The number of carbonyl (C=O) groups is 1. The van der Waals surface area contributed by atoms with Crippen molar-refractivity contribution in [3.8, 4) is 17.1 Å². The van der Waals surface area contributed by atoms with Gasteiger partial charge in [-0.25, -0.2) is 15.0 Å². The number of anilines is 1. The van der Waals surface area contributed by atoms with E-state index >= 15 is 0 Å². The van der Waals surface area contributed by atoms with Gasteiger partial charge in [0, 0.05) is 40.9 Å². The maximum atomic E-state index is 12.4. The van der Waals surface area contributed by atoms with Crippen LogP contribution in [0.5, 0.6) is 5.88 Å². The van der Waals surface area contributed by atoms with Crippen molar-refractivity contribution in [1.29, 1.82) is 0 Å². The number of nitrogens with zero attached hydrogens (tertiary/aromatic N) is 4. The molecule has 0 spiro atoms. The van der Waals surface area contributed by atoms with E-state index in [9.17, 15) is 4.79 Å². The Morgan fingerprint density at radius 3 is 2.42 bits per heavy atom. The molecule has 0 saturated heterocycles. The molecular weight excluding hydrogens is 494 g/mol. The lowest BCUT2D eigenvalue weighted by molar-refractivity contribution is 0.102. The standard InChI is InChI=1S/C24H23N5O3S2.C2H6/c1-15-10-18(34-21-13-26-20(12-27-21)32-9-8-31-3)11-16(2)22(15)19-14-33-24(28-19)29-23(30)17-4-6-25-7-5-17;1-2/h4-7,10-14H,8-9H2,1-3H3,(H,28,29,30);1-2H3. The fraction of sp³-hybridized carbons (Fsp3) is 0.269. The number of nitrogens with one attached hydrogen (secondary N) is 1. The van der Waals surface area contributed by atoms with E-state index in [0.29, 0.717) is 29.8 Å². The van der Waals surface area contributed by atoms with Crippen LogP contribution in [-0.4, -0.2) is 46.2 Å². The van der Waals surface area contributed by atoms with Gasteiger partial charge in [0.25, 0.3) is 5.91 Å². The van der Waals surface area contributed by atoms with Gasteiger partial charge in [-0.05, 0) is 49.2 Å². The number of rotatable bonds is 9. The molecular formula is C26H29N5O3S2. The van der Waals surface area contributed by atoms with Crippen LogP contribution >= 0.6 is 23.1 Å². The maximum Gasteiger partial charge on any atom is 0.257 e. The Hall–Kier alpha value is -3.34. The van der Waals surface area contributed by atoms with Crippen molar-refractivity contribution < 1.29 is 14.3 Å². The van der Waals surface area contributed by atoms with Gasteiger partial charge in [-0.15, -0.1) is 11.3 Å². The first-order chi connectivity index (χ1) is 17.5. The van der Waals surface area contributed by atoms with Crippen molar-refractivity contribution in [2.24, 2.45) is 0 Å². The predicted molar refractivity (Wildman–Crippen MR) is 144 cm³/mol. The Kier molecular flexibility index (Phi) is 10.3. The number of hydrogen-bond donors (Lipinski definition) is 1. The number of aromatic nitrogens is 4. The summed E-state index contributed by atoms with van der Waals surface area (Å²) in [5.74, 6) is 0.263. The summed E-state index contributed by atoms with van der Waals surface area (Å²) in [6, 6.07) is 7.54. The molecule has 3 heterocycles. The van der Waals surface area contributed by atoms with Crippen LogP contribution in [0.25, 0.3) is 11.3 Å². The first kappa shape index (κ1) is 27.3. The van der Waals surface area contributed by atoms with Gasteiger partial charge in [-0.1, -0.05) is 25.6 Å². The van der Waals surface area contributed by atoms with Crippen LogP contribution < -0.4 is 10.1 Å². The van der Waals surface area contributed by atoms with Gasteiger partial charge in [0.05, 0.1) is 24.7 Å². The number of thiazole rings is 1. The van der Waals surface area contributed by atoms with Gasteiger partial charge in [-0.3, -0.25) is 15.1 Å². The Labute approximate surface area is 219 Å². The molecule has 4 rings (SSSR count).